The predicted octanol–water partition coefficient (Wildman–Crippen LogP) is 1.34. The monoisotopic (exact) mass is 439 g/mol. The van der Waals surface area contributed by atoms with E-state index in [1.165, 1.54) is 11.8 Å². The van der Waals surface area contributed by atoms with Gasteiger partial charge in [0.15, 0.2) is 0 Å². The fourth-order valence-electron chi connectivity index (χ4n) is 3.42. The number of likely N-dealkylation sites (tertiary alicyclic amines) is 1. The van der Waals surface area contributed by atoms with E-state index in [1.54, 1.807) is 10.5 Å². The van der Waals surface area contributed by atoms with Gasteiger partial charge in [0.1, 0.15) is 0 Å². The summed E-state index contributed by atoms with van der Waals surface area (Å²) in [6.45, 7) is 3.63. The average molecular weight is 439 g/mol. The van der Waals surface area contributed by atoms with E-state index in [1.807, 2.05) is 12.3 Å². The van der Waals surface area contributed by atoms with E-state index < -0.39 is 22.2 Å². The summed E-state index contributed by atoms with van der Waals surface area (Å²) >= 11 is 0. The molecule has 2 unspecified atom stereocenters. The molecule has 2 saturated heterocycles. The number of carbonyl (C=O) groups is 1. The van der Waals surface area contributed by atoms with Crippen molar-refractivity contribution < 1.29 is 36.2 Å². The zero-order chi connectivity index (χ0) is 21.7. The number of alkyl halides is 3. The van der Waals surface area contributed by atoms with Gasteiger partial charge in [0.25, 0.3) is 0 Å². The Labute approximate surface area is 167 Å². The standard InChI is InChI=1S/C15H23N3O3S.C2HF3O2/c1-22(19,20)18-9-10-21-15-5-8-17(7-4-14(15)18)12-13-3-2-6-16-11-13;3-2(4,5)1(6)7/h2-3,6,11,14-15H,4-5,7-10,12H2,1H3;(H,6,7). The number of hydrogen-bond donors (Lipinski definition) is 1. The molecule has 12 heteroatoms. The van der Waals surface area contributed by atoms with Gasteiger partial charge in [-0.15, -0.1) is 0 Å². The van der Waals surface area contributed by atoms with Crippen molar-refractivity contribution >= 4 is 16.0 Å². The number of ether oxygens (including phenoxy) is 1. The molecule has 0 amide bonds. The number of rotatable bonds is 3. The number of morpholine rings is 1. The van der Waals surface area contributed by atoms with Gasteiger partial charge in [-0.3, -0.25) is 9.88 Å². The summed E-state index contributed by atoms with van der Waals surface area (Å²) in [5.41, 5.74) is 1.19. The van der Waals surface area contributed by atoms with Crippen LogP contribution in [0.2, 0.25) is 0 Å². The van der Waals surface area contributed by atoms with Crippen LogP contribution in [-0.2, 0) is 26.1 Å². The highest BCUT2D eigenvalue weighted by atomic mass is 32.2. The SMILES string of the molecule is CS(=O)(=O)N1CCOC2CCN(Cc3cccnc3)CCC21.O=C(O)C(F)(F)F. The van der Waals surface area contributed by atoms with Crippen molar-refractivity contribution in [3.8, 4) is 0 Å². The highest BCUT2D eigenvalue weighted by molar-refractivity contribution is 7.88. The Hall–Kier alpha value is -1.76. The van der Waals surface area contributed by atoms with Gasteiger partial charge in [-0.25, -0.2) is 13.2 Å². The molecular weight excluding hydrogens is 415 g/mol. The van der Waals surface area contributed by atoms with Gasteiger partial charge < -0.3 is 9.84 Å². The van der Waals surface area contributed by atoms with Gasteiger partial charge in [0, 0.05) is 38.6 Å². The molecule has 164 valence electrons. The van der Waals surface area contributed by atoms with Crippen molar-refractivity contribution in [1.29, 1.82) is 0 Å². The summed E-state index contributed by atoms with van der Waals surface area (Å²) in [4.78, 5) is 15.4. The number of carboxylic acid groups (broad SMARTS) is 1. The van der Waals surface area contributed by atoms with E-state index in [0.29, 0.717) is 13.2 Å². The van der Waals surface area contributed by atoms with Crippen LogP contribution in [0.25, 0.3) is 0 Å². The summed E-state index contributed by atoms with van der Waals surface area (Å²) in [6.07, 6.45) is 1.58. The third-order valence-corrected chi connectivity index (χ3v) is 6.02. The van der Waals surface area contributed by atoms with E-state index >= 15 is 0 Å². The van der Waals surface area contributed by atoms with Crippen LogP contribution in [0.3, 0.4) is 0 Å². The molecule has 0 aliphatic carbocycles. The number of carboxylic acids is 1. The number of halogens is 3. The van der Waals surface area contributed by atoms with Crippen molar-refractivity contribution in [1.82, 2.24) is 14.2 Å². The quantitative estimate of drug-likeness (QED) is 0.759. The van der Waals surface area contributed by atoms with Crippen molar-refractivity contribution in [2.24, 2.45) is 0 Å². The molecule has 1 N–H and O–H groups in total. The van der Waals surface area contributed by atoms with Gasteiger partial charge in [0.05, 0.1) is 25.0 Å². The Bertz CT molecular complexity index is 776. The molecule has 3 heterocycles. The molecule has 2 fully saturated rings. The molecular formula is C17H24F3N3O5S. The Morgan fingerprint density at radius 2 is 1.97 bits per heavy atom. The van der Waals surface area contributed by atoms with Crippen LogP contribution in [-0.4, -0.2) is 84.5 Å². The Kier molecular flexibility index (Phi) is 7.97. The molecule has 0 aromatic carbocycles. The van der Waals surface area contributed by atoms with Gasteiger partial charge in [-0.2, -0.15) is 17.5 Å². The molecule has 3 rings (SSSR count). The number of aliphatic carboxylic acids is 1. The Balaban J connectivity index is 0.000000370. The number of fused-ring (bicyclic) bond motifs is 1. The third kappa shape index (κ3) is 7.21. The lowest BCUT2D eigenvalue weighted by atomic mass is 10.0. The predicted molar refractivity (Wildman–Crippen MR) is 97.5 cm³/mol. The first-order chi connectivity index (χ1) is 13.5. The summed E-state index contributed by atoms with van der Waals surface area (Å²) in [5, 5.41) is 7.12. The van der Waals surface area contributed by atoms with Crippen LogP contribution in [0.15, 0.2) is 24.5 Å². The van der Waals surface area contributed by atoms with Crippen LogP contribution in [0.1, 0.15) is 18.4 Å². The van der Waals surface area contributed by atoms with Crippen LogP contribution in [0, 0.1) is 0 Å². The smallest absolute Gasteiger partial charge is 0.475 e. The fourth-order valence-corrected chi connectivity index (χ4v) is 4.56. The van der Waals surface area contributed by atoms with Gasteiger partial charge in [0.2, 0.25) is 10.0 Å². The minimum atomic E-state index is -5.08. The van der Waals surface area contributed by atoms with Crippen molar-refractivity contribution in [2.45, 2.75) is 37.7 Å². The lowest BCUT2D eigenvalue weighted by molar-refractivity contribution is -0.192. The van der Waals surface area contributed by atoms with Crippen molar-refractivity contribution in [2.75, 3.05) is 32.5 Å². The van der Waals surface area contributed by atoms with Crippen LogP contribution in [0.5, 0.6) is 0 Å². The minimum Gasteiger partial charge on any atom is -0.475 e. The number of hydrogen-bond acceptors (Lipinski definition) is 6. The fraction of sp³-hybridized carbons (Fsp3) is 0.647. The molecule has 0 radical (unpaired) electrons. The Morgan fingerprint density at radius 3 is 2.52 bits per heavy atom. The summed E-state index contributed by atoms with van der Waals surface area (Å²) < 4.78 is 63.2. The van der Waals surface area contributed by atoms with E-state index in [0.717, 1.165) is 32.5 Å². The minimum absolute atomic E-state index is 0.0161. The molecule has 0 spiro atoms. The lowest BCUT2D eigenvalue weighted by Crippen LogP contribution is -2.53. The topological polar surface area (TPSA) is 100 Å². The molecule has 0 saturated carbocycles. The molecule has 29 heavy (non-hydrogen) atoms. The maximum Gasteiger partial charge on any atom is 0.490 e. The molecule has 2 atom stereocenters. The second kappa shape index (κ2) is 9.83. The van der Waals surface area contributed by atoms with E-state index in [2.05, 4.69) is 16.0 Å². The van der Waals surface area contributed by atoms with E-state index in [4.69, 9.17) is 14.6 Å². The zero-order valence-electron chi connectivity index (χ0n) is 15.9. The number of sulfonamides is 1. The van der Waals surface area contributed by atoms with Crippen molar-refractivity contribution in [3.63, 3.8) is 0 Å². The Morgan fingerprint density at radius 1 is 1.31 bits per heavy atom. The number of nitrogens with zero attached hydrogens (tertiary/aromatic N) is 3. The number of pyridine rings is 1. The van der Waals surface area contributed by atoms with Crippen LogP contribution < -0.4 is 0 Å². The molecule has 1 aromatic rings. The molecule has 0 bridgehead atoms. The number of aromatic nitrogens is 1. The van der Waals surface area contributed by atoms with Crippen LogP contribution >= 0.6 is 0 Å². The first-order valence-electron chi connectivity index (χ1n) is 8.98. The normalized spacial score (nSPS) is 24.0. The second-order valence-electron chi connectivity index (χ2n) is 6.87. The molecule has 2 aliphatic rings. The maximum absolute atomic E-state index is 12.0. The van der Waals surface area contributed by atoms with Gasteiger partial charge in [-0.1, -0.05) is 6.07 Å². The first kappa shape index (κ1) is 23.5. The summed E-state index contributed by atoms with van der Waals surface area (Å²) in [5.74, 6) is -2.76. The average Bonchev–Trinajstić information content (AvgIpc) is 2.84. The lowest BCUT2D eigenvalue weighted by Gasteiger charge is -2.38. The van der Waals surface area contributed by atoms with E-state index in [-0.39, 0.29) is 12.1 Å². The van der Waals surface area contributed by atoms with Crippen LogP contribution in [0.4, 0.5) is 13.2 Å². The molecule has 8 nitrogen and oxygen atoms in total. The first-order valence-corrected chi connectivity index (χ1v) is 10.8. The van der Waals surface area contributed by atoms with Gasteiger partial charge >= 0.3 is 12.1 Å². The summed E-state index contributed by atoms with van der Waals surface area (Å²) in [7, 11) is -3.16. The maximum atomic E-state index is 12.0. The summed E-state index contributed by atoms with van der Waals surface area (Å²) in [6, 6.07) is 3.99. The van der Waals surface area contributed by atoms with Crippen molar-refractivity contribution in [3.05, 3.63) is 30.1 Å². The van der Waals surface area contributed by atoms with Gasteiger partial charge in [-0.05, 0) is 24.5 Å². The second-order valence-corrected chi connectivity index (χ2v) is 8.80. The highest BCUT2D eigenvalue weighted by Gasteiger charge is 2.39. The highest BCUT2D eigenvalue weighted by Crippen LogP contribution is 2.26. The molecule has 2 aliphatic heterocycles. The zero-order valence-corrected chi connectivity index (χ0v) is 16.7. The third-order valence-electron chi connectivity index (χ3n) is 4.71. The van der Waals surface area contributed by atoms with E-state index in [9.17, 15) is 21.6 Å². The molecule has 1 aromatic heterocycles. The largest absolute Gasteiger partial charge is 0.490 e.